The monoisotopic (exact) mass is 333 g/mol. The third-order valence-corrected chi connectivity index (χ3v) is 3.73. The first kappa shape index (κ1) is 15.1. The van der Waals surface area contributed by atoms with Crippen LogP contribution in [-0.4, -0.2) is 0 Å². The molecule has 0 aromatic heterocycles. The maximum atomic E-state index is 6.04. The first-order chi connectivity index (χ1) is 9.49. The molecule has 106 valence electrons. The third-order valence-electron chi connectivity index (χ3n) is 3.27. The molecule has 0 bridgehead atoms. The van der Waals surface area contributed by atoms with Crippen molar-refractivity contribution in [3.05, 3.63) is 57.6 Å². The quantitative estimate of drug-likeness (QED) is 0.841. The molecule has 0 aliphatic heterocycles. The molecule has 0 aliphatic rings. The lowest BCUT2D eigenvalue weighted by atomic mass is 10.0. The number of halogens is 1. The highest BCUT2D eigenvalue weighted by Gasteiger charge is 2.07. The number of ether oxygens (including phenoxy) is 1. The van der Waals surface area contributed by atoms with Crippen LogP contribution in [0.5, 0.6) is 11.5 Å². The molecule has 0 spiro atoms. The van der Waals surface area contributed by atoms with Crippen LogP contribution in [0.2, 0.25) is 0 Å². The van der Waals surface area contributed by atoms with E-state index in [0.717, 1.165) is 27.1 Å². The van der Waals surface area contributed by atoms with Gasteiger partial charge in [-0.05, 0) is 53.8 Å². The second-order valence-electron chi connectivity index (χ2n) is 5.28. The van der Waals surface area contributed by atoms with Crippen molar-refractivity contribution in [3.63, 3.8) is 0 Å². The van der Waals surface area contributed by atoms with Crippen molar-refractivity contribution in [3.8, 4) is 11.5 Å². The van der Waals surface area contributed by atoms with Gasteiger partial charge in [-0.3, -0.25) is 0 Å². The van der Waals surface area contributed by atoms with Crippen LogP contribution in [0.15, 0.2) is 40.9 Å². The average Bonchev–Trinajstić information content (AvgIpc) is 2.40. The lowest BCUT2D eigenvalue weighted by molar-refractivity contribution is 0.476. The second kappa shape index (κ2) is 6.42. The fourth-order valence-electron chi connectivity index (χ4n) is 2.01. The number of hydrogen-bond acceptors (Lipinski definition) is 2. The smallest absolute Gasteiger partial charge is 0.130 e. The van der Waals surface area contributed by atoms with E-state index in [2.05, 4.69) is 54.9 Å². The van der Waals surface area contributed by atoms with Crippen molar-refractivity contribution in [2.24, 2.45) is 5.73 Å². The van der Waals surface area contributed by atoms with E-state index in [9.17, 15) is 0 Å². The zero-order valence-electron chi connectivity index (χ0n) is 12.1. The molecule has 2 aromatic carbocycles. The van der Waals surface area contributed by atoms with Gasteiger partial charge in [0.25, 0.3) is 0 Å². The summed E-state index contributed by atoms with van der Waals surface area (Å²) in [6, 6.07) is 12.3. The Morgan fingerprint density at radius 3 is 2.55 bits per heavy atom. The molecule has 2 rings (SSSR count). The summed E-state index contributed by atoms with van der Waals surface area (Å²) < 4.78 is 7.02. The summed E-state index contributed by atoms with van der Waals surface area (Å²) in [7, 11) is 0. The van der Waals surface area contributed by atoms with Crippen molar-refractivity contribution < 1.29 is 4.74 Å². The molecule has 0 unspecified atom stereocenters. The van der Waals surface area contributed by atoms with Crippen LogP contribution in [0.1, 0.15) is 36.5 Å². The van der Waals surface area contributed by atoms with Gasteiger partial charge in [-0.2, -0.15) is 0 Å². The number of benzene rings is 2. The predicted molar refractivity (Wildman–Crippen MR) is 87.4 cm³/mol. The Bertz CT molecular complexity index is 608. The van der Waals surface area contributed by atoms with Crippen molar-refractivity contribution >= 4 is 15.9 Å². The molecule has 0 heterocycles. The molecule has 0 radical (unpaired) electrons. The molecule has 0 atom stereocenters. The predicted octanol–water partition coefficient (Wildman–Crippen LogP) is 5.13. The summed E-state index contributed by atoms with van der Waals surface area (Å²) in [6.45, 7) is 6.92. The Morgan fingerprint density at radius 1 is 1.15 bits per heavy atom. The lowest BCUT2D eigenvalue weighted by Gasteiger charge is -2.13. The Hall–Kier alpha value is -1.32. The molecule has 3 heteroatoms. The Labute approximate surface area is 129 Å². The van der Waals surface area contributed by atoms with Gasteiger partial charge in [-0.1, -0.05) is 41.9 Å². The van der Waals surface area contributed by atoms with Gasteiger partial charge in [-0.25, -0.2) is 0 Å². The first-order valence-corrected chi connectivity index (χ1v) is 7.57. The number of rotatable bonds is 4. The third kappa shape index (κ3) is 3.62. The fourth-order valence-corrected chi connectivity index (χ4v) is 2.53. The van der Waals surface area contributed by atoms with E-state index >= 15 is 0 Å². The highest BCUT2D eigenvalue weighted by atomic mass is 79.9. The Kier molecular flexibility index (Phi) is 4.84. The van der Waals surface area contributed by atoms with Crippen LogP contribution in [0.25, 0.3) is 0 Å². The summed E-state index contributed by atoms with van der Waals surface area (Å²) >= 11 is 3.49. The van der Waals surface area contributed by atoms with Crippen LogP contribution in [0.4, 0.5) is 0 Å². The van der Waals surface area contributed by atoms with E-state index < -0.39 is 0 Å². The van der Waals surface area contributed by atoms with Crippen LogP contribution >= 0.6 is 15.9 Å². The van der Waals surface area contributed by atoms with Gasteiger partial charge in [0, 0.05) is 11.0 Å². The topological polar surface area (TPSA) is 35.2 Å². The molecule has 20 heavy (non-hydrogen) atoms. The van der Waals surface area contributed by atoms with Gasteiger partial charge in [0.2, 0.25) is 0 Å². The Balaban J connectivity index is 2.34. The number of nitrogens with two attached hydrogens (primary N) is 1. The summed E-state index contributed by atoms with van der Waals surface area (Å²) in [5, 5.41) is 0. The molecule has 2 N–H and O–H groups in total. The average molecular weight is 334 g/mol. The highest BCUT2D eigenvalue weighted by molar-refractivity contribution is 9.10. The van der Waals surface area contributed by atoms with Crippen molar-refractivity contribution in [1.82, 2.24) is 0 Å². The molecule has 0 amide bonds. The minimum atomic E-state index is 0.486. The molecule has 2 nitrogen and oxygen atoms in total. The second-order valence-corrected chi connectivity index (χ2v) is 6.20. The lowest BCUT2D eigenvalue weighted by Crippen LogP contribution is -1.97. The normalized spacial score (nSPS) is 10.9. The zero-order valence-corrected chi connectivity index (χ0v) is 13.7. The van der Waals surface area contributed by atoms with E-state index in [1.54, 1.807) is 0 Å². The van der Waals surface area contributed by atoms with Crippen LogP contribution < -0.4 is 10.5 Å². The molecule has 0 saturated carbocycles. The van der Waals surface area contributed by atoms with Gasteiger partial charge < -0.3 is 10.5 Å². The molecule has 0 aliphatic carbocycles. The van der Waals surface area contributed by atoms with Gasteiger partial charge in [0.1, 0.15) is 11.5 Å². The van der Waals surface area contributed by atoms with Crippen molar-refractivity contribution in [2.45, 2.75) is 33.2 Å². The van der Waals surface area contributed by atoms with Gasteiger partial charge in [-0.15, -0.1) is 0 Å². The van der Waals surface area contributed by atoms with E-state index in [4.69, 9.17) is 10.5 Å². The van der Waals surface area contributed by atoms with Crippen LogP contribution in [0.3, 0.4) is 0 Å². The summed E-state index contributed by atoms with van der Waals surface area (Å²) in [6.07, 6.45) is 0. The summed E-state index contributed by atoms with van der Waals surface area (Å²) in [5.74, 6) is 2.20. The van der Waals surface area contributed by atoms with Crippen LogP contribution in [-0.2, 0) is 6.54 Å². The van der Waals surface area contributed by atoms with Gasteiger partial charge >= 0.3 is 0 Å². The minimum Gasteiger partial charge on any atom is -0.457 e. The number of aryl methyl sites for hydroxylation is 1. The van der Waals surface area contributed by atoms with Gasteiger partial charge in [0.05, 0.1) is 0 Å². The Morgan fingerprint density at radius 2 is 1.90 bits per heavy atom. The van der Waals surface area contributed by atoms with E-state index in [0.29, 0.717) is 12.5 Å². The van der Waals surface area contributed by atoms with Crippen LogP contribution in [0, 0.1) is 6.92 Å². The van der Waals surface area contributed by atoms with Crippen molar-refractivity contribution in [1.29, 1.82) is 0 Å². The molecular formula is C17H20BrNO. The SMILES string of the molecule is Cc1ccc(C(C)C)cc1Oc1cc(Br)cc(CN)c1. The maximum absolute atomic E-state index is 6.04. The van der Waals surface area contributed by atoms with E-state index in [1.807, 2.05) is 18.2 Å². The molecular weight excluding hydrogens is 314 g/mol. The number of hydrogen-bond donors (Lipinski definition) is 1. The molecule has 0 saturated heterocycles. The fraction of sp³-hybridized carbons (Fsp3) is 0.294. The van der Waals surface area contributed by atoms with E-state index in [1.165, 1.54) is 5.56 Å². The van der Waals surface area contributed by atoms with Gasteiger partial charge in [0.15, 0.2) is 0 Å². The summed E-state index contributed by atoms with van der Waals surface area (Å²) in [4.78, 5) is 0. The zero-order chi connectivity index (χ0) is 14.7. The highest BCUT2D eigenvalue weighted by Crippen LogP contribution is 2.30. The largest absolute Gasteiger partial charge is 0.457 e. The standard InChI is InChI=1S/C17H20BrNO/c1-11(2)14-5-4-12(3)17(8-14)20-16-7-13(10-19)6-15(18)9-16/h4-9,11H,10,19H2,1-3H3. The van der Waals surface area contributed by atoms with E-state index in [-0.39, 0.29) is 0 Å². The van der Waals surface area contributed by atoms with Crippen molar-refractivity contribution in [2.75, 3.05) is 0 Å². The minimum absolute atomic E-state index is 0.486. The molecule has 2 aromatic rings. The summed E-state index contributed by atoms with van der Waals surface area (Å²) in [5.41, 5.74) is 9.15. The maximum Gasteiger partial charge on any atom is 0.130 e. The molecule has 0 fully saturated rings. The first-order valence-electron chi connectivity index (χ1n) is 6.77.